The lowest BCUT2D eigenvalue weighted by molar-refractivity contribution is 0.232. The minimum absolute atomic E-state index is 0.509. The van der Waals surface area contributed by atoms with Gasteiger partial charge < -0.3 is 20.0 Å². The molecular weight excluding hydrogens is 326 g/mol. The summed E-state index contributed by atoms with van der Waals surface area (Å²) in [7, 11) is 1.78. The predicted molar refractivity (Wildman–Crippen MR) is 105 cm³/mol. The Hall–Kier alpha value is -2.34. The maximum atomic E-state index is 5.84. The molecule has 1 saturated heterocycles. The van der Waals surface area contributed by atoms with Gasteiger partial charge in [0.1, 0.15) is 0 Å². The summed E-state index contributed by atoms with van der Waals surface area (Å²) in [5, 5.41) is 6.62. The van der Waals surface area contributed by atoms with E-state index in [1.54, 1.807) is 13.2 Å². The SMILES string of the molecule is CN=C(NCCN1CCCCC1)NCc1ncc(-c2ccc(C)cc2)o1. The highest BCUT2D eigenvalue weighted by Crippen LogP contribution is 2.20. The van der Waals surface area contributed by atoms with Crippen LogP contribution in [-0.4, -0.2) is 49.1 Å². The first kappa shape index (κ1) is 18.5. The summed E-state index contributed by atoms with van der Waals surface area (Å²) in [5.74, 6) is 2.21. The molecule has 140 valence electrons. The number of piperidine rings is 1. The molecule has 2 aromatic rings. The second kappa shape index (κ2) is 9.38. The number of likely N-dealkylation sites (tertiary alicyclic amines) is 1. The van der Waals surface area contributed by atoms with Crippen LogP contribution in [0.15, 0.2) is 39.9 Å². The first-order valence-electron chi connectivity index (χ1n) is 9.43. The van der Waals surface area contributed by atoms with Crippen molar-refractivity contribution in [3.63, 3.8) is 0 Å². The smallest absolute Gasteiger partial charge is 0.214 e. The van der Waals surface area contributed by atoms with Crippen molar-refractivity contribution in [2.45, 2.75) is 32.7 Å². The van der Waals surface area contributed by atoms with E-state index in [-0.39, 0.29) is 0 Å². The fourth-order valence-electron chi connectivity index (χ4n) is 3.14. The number of aryl methyl sites for hydroxylation is 1. The van der Waals surface area contributed by atoms with E-state index in [9.17, 15) is 0 Å². The standard InChI is InChI=1S/C20H29N5O/c1-16-6-8-17(9-7-16)18-14-23-19(26-18)15-24-20(21-2)22-10-13-25-11-4-3-5-12-25/h6-9,14H,3-5,10-13,15H2,1-2H3,(H2,21,22,24). The van der Waals surface area contributed by atoms with Crippen LogP contribution in [0, 0.1) is 6.92 Å². The number of guanidine groups is 1. The van der Waals surface area contributed by atoms with Crippen molar-refractivity contribution in [1.29, 1.82) is 0 Å². The zero-order valence-electron chi connectivity index (χ0n) is 15.8. The van der Waals surface area contributed by atoms with Crippen LogP contribution in [0.4, 0.5) is 0 Å². The van der Waals surface area contributed by atoms with Gasteiger partial charge in [-0.15, -0.1) is 0 Å². The van der Waals surface area contributed by atoms with Crippen LogP contribution < -0.4 is 10.6 Å². The highest BCUT2D eigenvalue weighted by molar-refractivity contribution is 5.79. The molecule has 0 radical (unpaired) electrons. The summed E-state index contributed by atoms with van der Waals surface area (Å²) >= 11 is 0. The monoisotopic (exact) mass is 355 g/mol. The first-order valence-corrected chi connectivity index (χ1v) is 9.43. The summed E-state index contributed by atoms with van der Waals surface area (Å²) in [6.07, 6.45) is 5.78. The van der Waals surface area contributed by atoms with Gasteiger partial charge in [-0.05, 0) is 32.9 Å². The summed E-state index contributed by atoms with van der Waals surface area (Å²) in [4.78, 5) is 11.1. The molecule has 6 nitrogen and oxygen atoms in total. The molecule has 0 atom stereocenters. The molecule has 0 saturated carbocycles. The van der Waals surface area contributed by atoms with E-state index in [1.165, 1.54) is 37.9 Å². The highest BCUT2D eigenvalue weighted by Gasteiger charge is 2.10. The molecule has 0 aliphatic carbocycles. The Morgan fingerprint density at radius 3 is 2.65 bits per heavy atom. The van der Waals surface area contributed by atoms with Crippen LogP contribution in [0.25, 0.3) is 11.3 Å². The average Bonchev–Trinajstić information content (AvgIpc) is 3.15. The van der Waals surface area contributed by atoms with Crippen LogP contribution in [0.5, 0.6) is 0 Å². The molecule has 1 aromatic heterocycles. The highest BCUT2D eigenvalue weighted by atomic mass is 16.4. The van der Waals surface area contributed by atoms with Gasteiger partial charge in [0.05, 0.1) is 12.7 Å². The fraction of sp³-hybridized carbons (Fsp3) is 0.500. The summed E-state index contributed by atoms with van der Waals surface area (Å²) in [6.45, 7) is 6.95. The molecule has 6 heteroatoms. The molecule has 1 fully saturated rings. The third kappa shape index (κ3) is 5.33. The van der Waals surface area contributed by atoms with Gasteiger partial charge in [0.15, 0.2) is 11.7 Å². The van der Waals surface area contributed by atoms with E-state index in [4.69, 9.17) is 4.42 Å². The number of aromatic nitrogens is 1. The Morgan fingerprint density at radius 1 is 1.15 bits per heavy atom. The molecule has 2 N–H and O–H groups in total. The zero-order chi connectivity index (χ0) is 18.2. The van der Waals surface area contributed by atoms with E-state index in [1.807, 2.05) is 12.1 Å². The Bertz CT molecular complexity index is 701. The molecule has 1 aromatic carbocycles. The fourth-order valence-corrected chi connectivity index (χ4v) is 3.14. The van der Waals surface area contributed by atoms with Crippen molar-refractivity contribution < 1.29 is 4.42 Å². The van der Waals surface area contributed by atoms with Crippen molar-refractivity contribution in [2.75, 3.05) is 33.2 Å². The number of hydrogen-bond donors (Lipinski definition) is 2. The van der Waals surface area contributed by atoms with Crippen molar-refractivity contribution in [1.82, 2.24) is 20.5 Å². The molecule has 3 rings (SSSR count). The van der Waals surface area contributed by atoms with Gasteiger partial charge in [0.25, 0.3) is 0 Å². The van der Waals surface area contributed by atoms with Gasteiger partial charge in [-0.25, -0.2) is 4.98 Å². The summed E-state index contributed by atoms with van der Waals surface area (Å²) in [5.41, 5.74) is 2.27. The lowest BCUT2D eigenvalue weighted by Gasteiger charge is -2.26. The number of nitrogens with one attached hydrogen (secondary N) is 2. The van der Waals surface area contributed by atoms with Crippen LogP contribution >= 0.6 is 0 Å². The normalized spacial score (nSPS) is 15.8. The van der Waals surface area contributed by atoms with Crippen molar-refractivity contribution in [2.24, 2.45) is 4.99 Å². The Balaban J connectivity index is 1.44. The maximum Gasteiger partial charge on any atom is 0.214 e. The molecule has 0 spiro atoms. The Kier molecular flexibility index (Phi) is 6.66. The van der Waals surface area contributed by atoms with Gasteiger partial charge in [0.2, 0.25) is 5.89 Å². The topological polar surface area (TPSA) is 65.7 Å². The van der Waals surface area contributed by atoms with E-state index in [2.05, 4.69) is 44.6 Å². The van der Waals surface area contributed by atoms with Crippen molar-refractivity contribution >= 4 is 5.96 Å². The summed E-state index contributed by atoms with van der Waals surface area (Å²) < 4.78 is 5.84. The van der Waals surface area contributed by atoms with Crippen molar-refractivity contribution in [3.8, 4) is 11.3 Å². The molecule has 0 bridgehead atoms. The van der Waals surface area contributed by atoms with Crippen LogP contribution in [0.1, 0.15) is 30.7 Å². The van der Waals surface area contributed by atoms with E-state index < -0.39 is 0 Å². The van der Waals surface area contributed by atoms with Gasteiger partial charge in [-0.3, -0.25) is 4.99 Å². The number of oxazole rings is 1. The van der Waals surface area contributed by atoms with Gasteiger partial charge in [-0.2, -0.15) is 0 Å². The number of nitrogens with zero attached hydrogens (tertiary/aromatic N) is 3. The van der Waals surface area contributed by atoms with Gasteiger partial charge >= 0.3 is 0 Å². The Labute approximate surface area is 155 Å². The predicted octanol–water partition coefficient (Wildman–Crippen LogP) is 2.80. The van der Waals surface area contributed by atoms with Crippen LogP contribution in [0.3, 0.4) is 0 Å². The number of aliphatic imine (C=N–C) groups is 1. The largest absolute Gasteiger partial charge is 0.439 e. The molecule has 0 unspecified atom stereocenters. The molecule has 1 aliphatic rings. The number of benzene rings is 1. The average molecular weight is 355 g/mol. The quantitative estimate of drug-likeness (QED) is 0.616. The molecule has 26 heavy (non-hydrogen) atoms. The van der Waals surface area contributed by atoms with Gasteiger partial charge in [-0.1, -0.05) is 36.2 Å². The van der Waals surface area contributed by atoms with E-state index in [0.717, 1.165) is 30.4 Å². The zero-order valence-corrected chi connectivity index (χ0v) is 15.8. The van der Waals surface area contributed by atoms with Crippen LogP contribution in [-0.2, 0) is 6.54 Å². The van der Waals surface area contributed by atoms with Crippen molar-refractivity contribution in [3.05, 3.63) is 41.9 Å². The lowest BCUT2D eigenvalue weighted by atomic mass is 10.1. The molecule has 0 amide bonds. The third-order valence-corrected chi connectivity index (χ3v) is 4.69. The lowest BCUT2D eigenvalue weighted by Crippen LogP contribution is -2.42. The summed E-state index contributed by atoms with van der Waals surface area (Å²) in [6, 6.07) is 8.25. The third-order valence-electron chi connectivity index (χ3n) is 4.69. The second-order valence-corrected chi connectivity index (χ2v) is 6.74. The number of hydrogen-bond acceptors (Lipinski definition) is 4. The minimum Gasteiger partial charge on any atom is -0.439 e. The van der Waals surface area contributed by atoms with E-state index in [0.29, 0.717) is 12.4 Å². The molecular formula is C20H29N5O. The van der Waals surface area contributed by atoms with Crippen LogP contribution in [0.2, 0.25) is 0 Å². The maximum absolute atomic E-state index is 5.84. The second-order valence-electron chi connectivity index (χ2n) is 6.74. The van der Waals surface area contributed by atoms with E-state index >= 15 is 0 Å². The minimum atomic E-state index is 0.509. The first-order chi connectivity index (χ1) is 12.7. The molecule has 1 aliphatic heterocycles. The molecule has 2 heterocycles. The Morgan fingerprint density at radius 2 is 1.92 bits per heavy atom. The number of rotatable bonds is 6. The van der Waals surface area contributed by atoms with Gasteiger partial charge in [0, 0.05) is 25.7 Å².